The highest BCUT2D eigenvalue weighted by molar-refractivity contribution is 7.99. The summed E-state index contributed by atoms with van der Waals surface area (Å²) in [7, 11) is 0. The maximum Gasteiger partial charge on any atom is 0.191 e. The number of rotatable bonds is 5. The molecule has 0 bridgehead atoms. The summed E-state index contributed by atoms with van der Waals surface area (Å²) in [6.07, 6.45) is 4.13. The first-order valence-corrected chi connectivity index (χ1v) is 8.35. The van der Waals surface area contributed by atoms with Crippen molar-refractivity contribution in [2.45, 2.75) is 31.0 Å². The first-order chi connectivity index (χ1) is 10.7. The molecule has 6 heteroatoms. The van der Waals surface area contributed by atoms with Crippen LogP contribution in [0, 0.1) is 6.92 Å². The Bertz CT molecular complexity index is 847. The number of aryl methyl sites for hydroxylation is 1. The summed E-state index contributed by atoms with van der Waals surface area (Å²) in [5.41, 5.74) is 2.73. The first kappa shape index (κ1) is 13.6. The highest BCUT2D eigenvalue weighted by Gasteiger charge is 2.26. The Hall–Kier alpha value is -2.08. The van der Waals surface area contributed by atoms with Crippen molar-refractivity contribution in [1.29, 1.82) is 0 Å². The number of carbonyl (C=O) groups is 1. The number of fused-ring (bicyclic) bond motifs is 1. The number of thioether (sulfide) groups is 1. The van der Waals surface area contributed by atoms with Gasteiger partial charge in [0.25, 0.3) is 0 Å². The Labute approximate surface area is 132 Å². The van der Waals surface area contributed by atoms with Gasteiger partial charge in [0.15, 0.2) is 10.9 Å². The topological polar surface area (TPSA) is 63.6 Å². The number of hydrogen-bond donors (Lipinski definition) is 1. The molecule has 0 atom stereocenters. The Kier molecular flexibility index (Phi) is 3.26. The van der Waals surface area contributed by atoms with Crippen molar-refractivity contribution >= 4 is 28.4 Å². The van der Waals surface area contributed by atoms with Crippen molar-refractivity contribution in [1.82, 2.24) is 19.7 Å². The van der Waals surface area contributed by atoms with E-state index < -0.39 is 0 Å². The minimum absolute atomic E-state index is 0.130. The van der Waals surface area contributed by atoms with Crippen LogP contribution in [0.3, 0.4) is 0 Å². The van der Waals surface area contributed by atoms with Gasteiger partial charge in [0, 0.05) is 28.2 Å². The Morgan fingerprint density at radius 3 is 3.05 bits per heavy atom. The van der Waals surface area contributed by atoms with E-state index in [-0.39, 0.29) is 5.78 Å². The molecule has 0 saturated heterocycles. The predicted octanol–water partition coefficient (Wildman–Crippen LogP) is 3.38. The molecule has 0 aliphatic heterocycles. The molecule has 3 aromatic rings. The third kappa shape index (κ3) is 2.33. The molecule has 112 valence electrons. The van der Waals surface area contributed by atoms with Crippen LogP contribution < -0.4 is 0 Å². The van der Waals surface area contributed by atoms with Gasteiger partial charge in [-0.05, 0) is 25.8 Å². The summed E-state index contributed by atoms with van der Waals surface area (Å²) < 4.78 is 2.08. The molecule has 2 heterocycles. The number of aromatic amines is 1. The lowest BCUT2D eigenvalue weighted by Crippen LogP contribution is -2.05. The molecule has 5 nitrogen and oxygen atoms in total. The van der Waals surface area contributed by atoms with Gasteiger partial charge in [0.2, 0.25) is 0 Å². The molecule has 4 rings (SSSR count). The fourth-order valence-corrected chi connectivity index (χ4v) is 3.63. The number of Topliss-reactive ketones (excluding diaryl/α,β-unsaturated/α-hetero) is 1. The van der Waals surface area contributed by atoms with E-state index in [0.717, 1.165) is 27.3 Å². The number of para-hydroxylation sites is 1. The van der Waals surface area contributed by atoms with Crippen LogP contribution in [0.2, 0.25) is 0 Å². The van der Waals surface area contributed by atoms with E-state index in [9.17, 15) is 4.79 Å². The van der Waals surface area contributed by atoms with E-state index in [1.165, 1.54) is 24.6 Å². The third-order valence-corrected chi connectivity index (χ3v) is 4.94. The van der Waals surface area contributed by atoms with Crippen LogP contribution in [0.5, 0.6) is 0 Å². The van der Waals surface area contributed by atoms with E-state index in [1.807, 2.05) is 31.2 Å². The molecule has 1 aliphatic carbocycles. The van der Waals surface area contributed by atoms with Gasteiger partial charge in [-0.25, -0.2) is 0 Å². The zero-order chi connectivity index (χ0) is 15.1. The van der Waals surface area contributed by atoms with Gasteiger partial charge in [-0.1, -0.05) is 30.0 Å². The Morgan fingerprint density at radius 1 is 1.41 bits per heavy atom. The van der Waals surface area contributed by atoms with Crippen LogP contribution in [0.25, 0.3) is 10.9 Å². The second-order valence-electron chi connectivity index (χ2n) is 5.63. The van der Waals surface area contributed by atoms with Crippen LogP contribution in [0.4, 0.5) is 0 Å². The van der Waals surface area contributed by atoms with Crippen LogP contribution >= 0.6 is 11.8 Å². The molecular weight excluding hydrogens is 296 g/mol. The number of benzene rings is 1. The zero-order valence-electron chi connectivity index (χ0n) is 12.2. The second kappa shape index (κ2) is 5.28. The van der Waals surface area contributed by atoms with Crippen LogP contribution in [-0.4, -0.2) is 31.3 Å². The fourth-order valence-electron chi connectivity index (χ4n) is 2.78. The van der Waals surface area contributed by atoms with E-state index >= 15 is 0 Å². The number of aromatic nitrogens is 4. The molecule has 1 N–H and O–H groups in total. The van der Waals surface area contributed by atoms with Gasteiger partial charge >= 0.3 is 0 Å². The SMILES string of the molecule is Cc1[nH]c2ccccc2c1C(=O)CSc1nncn1C1CC1. The van der Waals surface area contributed by atoms with Crippen molar-refractivity contribution in [3.8, 4) is 0 Å². The monoisotopic (exact) mass is 312 g/mol. The number of H-pyrrole nitrogens is 1. The average Bonchev–Trinajstić information content (AvgIpc) is 3.15. The lowest BCUT2D eigenvalue weighted by atomic mass is 10.1. The summed E-state index contributed by atoms with van der Waals surface area (Å²) in [5.74, 6) is 0.513. The van der Waals surface area contributed by atoms with Crippen molar-refractivity contribution in [2.75, 3.05) is 5.75 Å². The molecule has 0 spiro atoms. The maximum atomic E-state index is 12.6. The summed E-state index contributed by atoms with van der Waals surface area (Å²) in [6.45, 7) is 1.95. The normalized spacial score (nSPS) is 14.6. The van der Waals surface area contributed by atoms with Gasteiger partial charge in [-0.3, -0.25) is 4.79 Å². The maximum absolute atomic E-state index is 12.6. The minimum Gasteiger partial charge on any atom is -0.358 e. The summed E-state index contributed by atoms with van der Waals surface area (Å²) in [5, 5.41) is 9.93. The van der Waals surface area contributed by atoms with Gasteiger partial charge in [0.05, 0.1) is 5.75 Å². The van der Waals surface area contributed by atoms with Gasteiger partial charge in [-0.15, -0.1) is 10.2 Å². The smallest absolute Gasteiger partial charge is 0.191 e. The molecule has 1 aromatic carbocycles. The van der Waals surface area contributed by atoms with Crippen molar-refractivity contribution in [3.05, 3.63) is 41.9 Å². The van der Waals surface area contributed by atoms with E-state index in [0.29, 0.717) is 11.8 Å². The summed E-state index contributed by atoms with van der Waals surface area (Å²) in [6, 6.07) is 8.45. The number of carbonyl (C=O) groups excluding carboxylic acids is 1. The first-order valence-electron chi connectivity index (χ1n) is 7.37. The largest absolute Gasteiger partial charge is 0.358 e. The molecule has 0 unspecified atom stereocenters. The number of ketones is 1. The summed E-state index contributed by atoms with van der Waals surface area (Å²) >= 11 is 1.47. The van der Waals surface area contributed by atoms with Crippen LogP contribution in [0.1, 0.15) is 34.9 Å². The molecule has 0 radical (unpaired) electrons. The number of hydrogen-bond acceptors (Lipinski definition) is 4. The Balaban J connectivity index is 1.56. The number of nitrogens with zero attached hydrogens (tertiary/aromatic N) is 3. The quantitative estimate of drug-likeness (QED) is 0.579. The van der Waals surface area contributed by atoms with Crippen LogP contribution in [0.15, 0.2) is 35.7 Å². The van der Waals surface area contributed by atoms with E-state index in [1.54, 1.807) is 6.33 Å². The van der Waals surface area contributed by atoms with Gasteiger partial charge in [-0.2, -0.15) is 0 Å². The molecule has 0 amide bonds. The number of nitrogens with one attached hydrogen (secondary N) is 1. The third-order valence-electron chi connectivity index (χ3n) is 3.99. The van der Waals surface area contributed by atoms with Crippen LogP contribution in [-0.2, 0) is 0 Å². The van der Waals surface area contributed by atoms with Crippen molar-refractivity contribution < 1.29 is 4.79 Å². The average molecular weight is 312 g/mol. The van der Waals surface area contributed by atoms with E-state index in [4.69, 9.17) is 0 Å². The Morgan fingerprint density at radius 2 is 2.23 bits per heavy atom. The zero-order valence-corrected chi connectivity index (χ0v) is 13.1. The lowest BCUT2D eigenvalue weighted by Gasteiger charge is -2.04. The standard InChI is InChI=1S/C16H16N4OS/c1-10-15(12-4-2-3-5-13(12)18-10)14(21)8-22-16-19-17-9-20(16)11-6-7-11/h2-5,9,11,18H,6-8H2,1H3. The molecule has 22 heavy (non-hydrogen) atoms. The van der Waals surface area contributed by atoms with Gasteiger partial charge in [0.1, 0.15) is 6.33 Å². The fraction of sp³-hybridized carbons (Fsp3) is 0.312. The molecule has 1 aliphatic rings. The molecule has 1 saturated carbocycles. The lowest BCUT2D eigenvalue weighted by molar-refractivity contribution is 0.102. The van der Waals surface area contributed by atoms with Crippen molar-refractivity contribution in [2.24, 2.45) is 0 Å². The predicted molar refractivity (Wildman–Crippen MR) is 86.4 cm³/mol. The van der Waals surface area contributed by atoms with Crippen molar-refractivity contribution in [3.63, 3.8) is 0 Å². The second-order valence-corrected chi connectivity index (χ2v) is 6.58. The molecule has 2 aromatic heterocycles. The minimum atomic E-state index is 0.130. The highest BCUT2D eigenvalue weighted by atomic mass is 32.2. The van der Waals surface area contributed by atoms with E-state index in [2.05, 4.69) is 19.7 Å². The molecule has 1 fully saturated rings. The highest BCUT2D eigenvalue weighted by Crippen LogP contribution is 2.37. The summed E-state index contributed by atoms with van der Waals surface area (Å²) in [4.78, 5) is 15.9. The molecular formula is C16H16N4OS. The van der Waals surface area contributed by atoms with Gasteiger partial charge < -0.3 is 9.55 Å².